The first-order chi connectivity index (χ1) is 8.90. The fourth-order valence-electron chi connectivity index (χ4n) is 1.80. The Morgan fingerprint density at radius 2 is 2.21 bits per heavy atom. The van der Waals surface area contributed by atoms with Crippen LogP contribution in [0.4, 0.5) is 24.8 Å². The van der Waals surface area contributed by atoms with Crippen LogP contribution in [0.25, 0.3) is 0 Å². The van der Waals surface area contributed by atoms with Crippen LogP contribution in [0.3, 0.4) is 0 Å². The van der Waals surface area contributed by atoms with Gasteiger partial charge in [-0.3, -0.25) is 0 Å². The highest BCUT2D eigenvalue weighted by atomic mass is 19.4. The van der Waals surface area contributed by atoms with E-state index in [2.05, 4.69) is 4.98 Å². The van der Waals surface area contributed by atoms with Crippen LogP contribution in [0.2, 0.25) is 0 Å². The Labute approximate surface area is 107 Å². The lowest BCUT2D eigenvalue weighted by Crippen LogP contribution is -2.42. The molecule has 1 aromatic rings. The van der Waals surface area contributed by atoms with Crippen molar-refractivity contribution < 1.29 is 17.9 Å². The third-order valence-corrected chi connectivity index (χ3v) is 2.69. The summed E-state index contributed by atoms with van der Waals surface area (Å²) in [5.74, 6) is -0.0966. The molecule has 102 valence electrons. The number of halogens is 3. The highest BCUT2D eigenvalue weighted by molar-refractivity contribution is 5.49. The number of nitrogen functional groups attached to an aromatic ring is 1. The van der Waals surface area contributed by atoms with Crippen molar-refractivity contribution in [3.63, 3.8) is 0 Å². The number of rotatable bonds is 1. The summed E-state index contributed by atoms with van der Waals surface area (Å²) >= 11 is 0. The largest absolute Gasteiger partial charge is 0.416 e. The van der Waals surface area contributed by atoms with Crippen molar-refractivity contribution in [2.45, 2.75) is 12.3 Å². The van der Waals surface area contributed by atoms with E-state index in [1.807, 2.05) is 6.07 Å². The lowest BCUT2D eigenvalue weighted by molar-refractivity contribution is -0.137. The summed E-state index contributed by atoms with van der Waals surface area (Å²) < 4.78 is 43.2. The lowest BCUT2D eigenvalue weighted by atomic mass is 10.2. The van der Waals surface area contributed by atoms with Crippen molar-refractivity contribution in [3.05, 3.63) is 17.7 Å². The number of pyridine rings is 1. The molecule has 1 aliphatic heterocycles. The van der Waals surface area contributed by atoms with Gasteiger partial charge in [0.25, 0.3) is 0 Å². The van der Waals surface area contributed by atoms with Crippen LogP contribution in [0.1, 0.15) is 5.56 Å². The number of hydrogen-bond acceptors (Lipinski definition) is 5. The normalized spacial score (nSPS) is 20.1. The molecule has 0 bridgehead atoms. The molecular weight excluding hydrogens is 261 g/mol. The molecule has 5 nitrogen and oxygen atoms in total. The number of anilines is 2. The maximum atomic E-state index is 12.7. The van der Waals surface area contributed by atoms with E-state index in [0.29, 0.717) is 6.54 Å². The first-order valence-electron chi connectivity index (χ1n) is 5.51. The van der Waals surface area contributed by atoms with Gasteiger partial charge in [-0.2, -0.15) is 18.4 Å². The third-order valence-electron chi connectivity index (χ3n) is 2.69. The van der Waals surface area contributed by atoms with E-state index in [0.717, 1.165) is 12.1 Å². The smallest absolute Gasteiger partial charge is 0.384 e. The zero-order valence-corrected chi connectivity index (χ0v) is 9.81. The molecule has 1 atom stereocenters. The molecule has 1 fully saturated rings. The van der Waals surface area contributed by atoms with Crippen molar-refractivity contribution in [3.8, 4) is 6.07 Å². The zero-order valence-electron chi connectivity index (χ0n) is 9.81. The van der Waals surface area contributed by atoms with Gasteiger partial charge < -0.3 is 15.4 Å². The highest BCUT2D eigenvalue weighted by Crippen LogP contribution is 2.32. The summed E-state index contributed by atoms with van der Waals surface area (Å²) in [4.78, 5) is 5.44. The van der Waals surface area contributed by atoms with E-state index in [9.17, 15) is 13.2 Å². The van der Waals surface area contributed by atoms with E-state index < -0.39 is 17.8 Å². The minimum absolute atomic E-state index is 0.107. The molecule has 1 unspecified atom stereocenters. The number of nitrogens with zero attached hydrogens (tertiary/aromatic N) is 3. The first-order valence-corrected chi connectivity index (χ1v) is 5.51. The van der Waals surface area contributed by atoms with Crippen LogP contribution in [0.5, 0.6) is 0 Å². The van der Waals surface area contributed by atoms with E-state index >= 15 is 0 Å². The van der Waals surface area contributed by atoms with Gasteiger partial charge in [-0.05, 0) is 12.1 Å². The molecule has 0 amide bonds. The van der Waals surface area contributed by atoms with Crippen LogP contribution in [-0.2, 0) is 10.9 Å². The van der Waals surface area contributed by atoms with Crippen LogP contribution in [0.15, 0.2) is 12.1 Å². The Balaban J connectivity index is 2.30. The Kier molecular flexibility index (Phi) is 3.48. The second kappa shape index (κ2) is 4.93. The second-order valence-corrected chi connectivity index (χ2v) is 4.07. The van der Waals surface area contributed by atoms with Gasteiger partial charge in [-0.1, -0.05) is 0 Å². The van der Waals surface area contributed by atoms with Crippen LogP contribution < -0.4 is 10.6 Å². The quantitative estimate of drug-likeness (QED) is 0.836. The molecule has 8 heteroatoms. The predicted molar refractivity (Wildman–Crippen MR) is 61.2 cm³/mol. The van der Waals surface area contributed by atoms with E-state index in [4.69, 9.17) is 15.7 Å². The van der Waals surface area contributed by atoms with Gasteiger partial charge in [0.2, 0.25) is 0 Å². The van der Waals surface area contributed by atoms with Gasteiger partial charge in [0.15, 0.2) is 6.10 Å². The number of aromatic nitrogens is 1. The van der Waals surface area contributed by atoms with Gasteiger partial charge in [0.1, 0.15) is 11.6 Å². The Morgan fingerprint density at radius 1 is 1.47 bits per heavy atom. The molecule has 0 saturated carbocycles. The SMILES string of the molecule is N#CC1CN(c2cc(C(F)(F)F)cc(N)n2)CCO1. The standard InChI is InChI=1S/C11H11F3N4O/c12-11(13,14)7-3-9(16)17-10(4-7)18-1-2-19-8(5-15)6-18/h3-4,8H,1-2,6H2,(H2,16,17). The summed E-state index contributed by atoms with van der Waals surface area (Å²) in [5.41, 5.74) is 4.54. The molecule has 2 N–H and O–H groups in total. The van der Waals surface area contributed by atoms with Crippen LogP contribution in [0, 0.1) is 11.3 Å². The molecule has 0 aromatic carbocycles. The van der Waals surface area contributed by atoms with Crippen molar-refractivity contribution in [1.82, 2.24) is 4.98 Å². The van der Waals surface area contributed by atoms with E-state index in [-0.39, 0.29) is 24.8 Å². The molecule has 1 aromatic heterocycles. The van der Waals surface area contributed by atoms with E-state index in [1.54, 1.807) is 4.90 Å². The maximum Gasteiger partial charge on any atom is 0.416 e. The maximum absolute atomic E-state index is 12.7. The molecule has 2 heterocycles. The molecule has 19 heavy (non-hydrogen) atoms. The van der Waals surface area contributed by atoms with Crippen molar-refractivity contribution >= 4 is 11.6 Å². The number of ether oxygens (including phenoxy) is 1. The van der Waals surface area contributed by atoms with E-state index in [1.165, 1.54) is 0 Å². The highest BCUT2D eigenvalue weighted by Gasteiger charge is 2.32. The number of nitriles is 1. The predicted octanol–water partition coefficient (Wildman–Crippen LogP) is 1.41. The number of morpholine rings is 1. The number of nitrogens with two attached hydrogens (primary N) is 1. The Morgan fingerprint density at radius 3 is 2.84 bits per heavy atom. The summed E-state index contributed by atoms with van der Waals surface area (Å²) in [6, 6.07) is 3.63. The second-order valence-electron chi connectivity index (χ2n) is 4.07. The molecule has 1 saturated heterocycles. The van der Waals surface area contributed by atoms with Gasteiger partial charge in [0.05, 0.1) is 24.8 Å². The molecule has 0 radical (unpaired) electrons. The van der Waals surface area contributed by atoms with Gasteiger partial charge >= 0.3 is 6.18 Å². The molecular formula is C11H11F3N4O. The minimum atomic E-state index is -4.48. The van der Waals surface area contributed by atoms with Gasteiger partial charge in [0, 0.05) is 6.54 Å². The molecule has 1 aliphatic rings. The Hall–Kier alpha value is -2.01. The topological polar surface area (TPSA) is 75.2 Å². The number of hydrogen-bond donors (Lipinski definition) is 1. The summed E-state index contributed by atoms with van der Waals surface area (Å²) in [7, 11) is 0. The zero-order chi connectivity index (χ0) is 14.0. The van der Waals surface area contributed by atoms with Gasteiger partial charge in [-0.15, -0.1) is 0 Å². The molecule has 2 rings (SSSR count). The summed E-state index contributed by atoms with van der Waals surface area (Å²) in [6.45, 7) is 0.798. The molecule has 0 aliphatic carbocycles. The summed E-state index contributed by atoms with van der Waals surface area (Å²) in [6.07, 6.45) is -5.15. The summed E-state index contributed by atoms with van der Waals surface area (Å²) in [5, 5.41) is 8.77. The van der Waals surface area contributed by atoms with Gasteiger partial charge in [-0.25, -0.2) is 4.98 Å². The van der Waals surface area contributed by atoms with Crippen LogP contribution in [-0.4, -0.2) is 30.8 Å². The van der Waals surface area contributed by atoms with Crippen molar-refractivity contribution in [2.24, 2.45) is 0 Å². The average Bonchev–Trinajstić information content (AvgIpc) is 2.37. The molecule has 0 spiro atoms. The monoisotopic (exact) mass is 272 g/mol. The number of alkyl halides is 3. The minimum Gasteiger partial charge on any atom is -0.384 e. The van der Waals surface area contributed by atoms with Crippen molar-refractivity contribution in [2.75, 3.05) is 30.3 Å². The lowest BCUT2D eigenvalue weighted by Gasteiger charge is -2.31. The van der Waals surface area contributed by atoms with Crippen LogP contribution >= 0.6 is 0 Å². The average molecular weight is 272 g/mol. The Bertz CT molecular complexity index is 512. The first kappa shape index (κ1) is 13.4. The third kappa shape index (κ3) is 3.06. The van der Waals surface area contributed by atoms with Crippen molar-refractivity contribution in [1.29, 1.82) is 5.26 Å². The fourth-order valence-corrected chi connectivity index (χ4v) is 1.80. The fraction of sp³-hybridized carbons (Fsp3) is 0.455.